The average Bonchev–Trinajstić information content (AvgIpc) is 3.00. The van der Waals surface area contributed by atoms with Gasteiger partial charge in [0.25, 0.3) is 10.0 Å². The van der Waals surface area contributed by atoms with Crippen molar-refractivity contribution in [2.75, 3.05) is 25.1 Å². The molecule has 1 aromatic heterocycles. The summed E-state index contributed by atoms with van der Waals surface area (Å²) in [6.45, 7) is 0.521. The predicted octanol–water partition coefficient (Wildman–Crippen LogP) is 2.09. The maximum absolute atomic E-state index is 12.0. The van der Waals surface area contributed by atoms with E-state index in [1.165, 1.54) is 12.1 Å². The third-order valence-electron chi connectivity index (χ3n) is 3.06. The molecule has 2 aromatic rings. The number of carbonyl (C=O) groups excluding carboxylic acids is 1. The molecule has 0 radical (unpaired) electrons. The topological polar surface area (TPSA) is 93.7 Å². The largest absolute Gasteiger partial charge is 0.486 e. The first-order chi connectivity index (χ1) is 11.4. The van der Waals surface area contributed by atoms with Crippen molar-refractivity contribution in [1.82, 2.24) is 4.72 Å². The molecule has 128 valence electrons. The molecule has 1 aliphatic rings. The van der Waals surface area contributed by atoms with Crippen molar-refractivity contribution in [2.24, 2.45) is 0 Å². The van der Waals surface area contributed by atoms with Crippen LogP contribution in [0.1, 0.15) is 0 Å². The van der Waals surface area contributed by atoms with Gasteiger partial charge in [-0.2, -0.15) is 0 Å². The van der Waals surface area contributed by atoms with Gasteiger partial charge in [0.1, 0.15) is 17.4 Å². The summed E-state index contributed by atoms with van der Waals surface area (Å²) in [5, 5.41) is 2.60. The fourth-order valence-corrected chi connectivity index (χ4v) is 4.51. The summed E-state index contributed by atoms with van der Waals surface area (Å²) < 4.78 is 37.5. The predicted molar refractivity (Wildman–Crippen MR) is 90.6 cm³/mol. The number of hydrogen-bond donors (Lipinski definition) is 2. The number of carbonyl (C=O) groups is 1. The Bertz CT molecular complexity index is 866. The smallest absolute Gasteiger partial charge is 0.250 e. The van der Waals surface area contributed by atoms with Crippen molar-refractivity contribution >= 4 is 44.6 Å². The van der Waals surface area contributed by atoms with Gasteiger partial charge in [0.05, 0.1) is 10.9 Å². The zero-order valence-electron chi connectivity index (χ0n) is 12.2. The monoisotopic (exact) mass is 388 g/mol. The summed E-state index contributed by atoms with van der Waals surface area (Å²) in [5.41, 5.74) is 0.489. The van der Waals surface area contributed by atoms with Crippen LogP contribution < -0.4 is 19.5 Å². The molecular weight excluding hydrogens is 376 g/mol. The van der Waals surface area contributed by atoms with Gasteiger partial charge in [-0.15, -0.1) is 11.3 Å². The molecule has 0 fully saturated rings. The van der Waals surface area contributed by atoms with E-state index in [2.05, 4.69) is 10.0 Å². The molecule has 10 heteroatoms. The van der Waals surface area contributed by atoms with Crippen LogP contribution in [0.15, 0.2) is 34.5 Å². The van der Waals surface area contributed by atoms with Gasteiger partial charge in [-0.3, -0.25) is 4.79 Å². The second kappa shape index (κ2) is 6.98. The van der Waals surface area contributed by atoms with Crippen LogP contribution in [-0.4, -0.2) is 34.1 Å². The number of thiophene rings is 1. The fraction of sp³-hybridized carbons (Fsp3) is 0.214. The highest BCUT2D eigenvalue weighted by Crippen LogP contribution is 2.32. The van der Waals surface area contributed by atoms with Gasteiger partial charge in [0.15, 0.2) is 11.5 Å². The Balaban J connectivity index is 1.60. The van der Waals surface area contributed by atoms with Crippen molar-refractivity contribution in [1.29, 1.82) is 0 Å². The Hall–Kier alpha value is -1.81. The summed E-state index contributed by atoms with van der Waals surface area (Å²) in [6.07, 6.45) is 0. The molecule has 24 heavy (non-hydrogen) atoms. The van der Waals surface area contributed by atoms with Crippen LogP contribution >= 0.6 is 22.9 Å². The normalized spacial score (nSPS) is 13.5. The number of amides is 1. The van der Waals surface area contributed by atoms with E-state index in [-0.39, 0.29) is 4.21 Å². The highest BCUT2D eigenvalue weighted by atomic mass is 35.5. The Morgan fingerprint density at radius 1 is 1.17 bits per heavy atom. The van der Waals surface area contributed by atoms with E-state index in [4.69, 9.17) is 21.1 Å². The molecule has 2 heterocycles. The summed E-state index contributed by atoms with van der Waals surface area (Å²) in [7, 11) is -3.76. The molecular formula is C14H13ClN2O5S2. The van der Waals surface area contributed by atoms with E-state index in [1.54, 1.807) is 18.2 Å². The first-order valence-corrected chi connectivity index (χ1v) is 9.56. The van der Waals surface area contributed by atoms with Gasteiger partial charge in [-0.1, -0.05) is 11.6 Å². The highest BCUT2D eigenvalue weighted by Gasteiger charge is 2.18. The van der Waals surface area contributed by atoms with Crippen molar-refractivity contribution < 1.29 is 22.7 Å². The van der Waals surface area contributed by atoms with E-state index in [1.807, 2.05) is 0 Å². The van der Waals surface area contributed by atoms with Crippen molar-refractivity contribution in [2.45, 2.75) is 4.21 Å². The van der Waals surface area contributed by atoms with Crippen molar-refractivity contribution in [3.8, 4) is 11.5 Å². The molecule has 1 amide bonds. The third-order valence-corrected chi connectivity index (χ3v) is 6.19. The van der Waals surface area contributed by atoms with E-state index >= 15 is 0 Å². The van der Waals surface area contributed by atoms with Crippen molar-refractivity contribution in [3.63, 3.8) is 0 Å². The van der Waals surface area contributed by atoms with Gasteiger partial charge < -0.3 is 14.8 Å². The summed E-state index contributed by atoms with van der Waals surface area (Å²) >= 11 is 6.64. The molecule has 0 bridgehead atoms. The number of rotatable bonds is 5. The van der Waals surface area contributed by atoms with Crippen LogP contribution in [0.2, 0.25) is 4.34 Å². The lowest BCUT2D eigenvalue weighted by Crippen LogP contribution is -2.32. The number of nitrogens with one attached hydrogen (secondary N) is 2. The molecule has 0 saturated heterocycles. The maximum atomic E-state index is 12.0. The lowest BCUT2D eigenvalue weighted by Gasteiger charge is -2.19. The lowest BCUT2D eigenvalue weighted by molar-refractivity contribution is -0.115. The third kappa shape index (κ3) is 3.99. The second-order valence-electron chi connectivity index (χ2n) is 4.79. The molecule has 1 aromatic carbocycles. The number of benzene rings is 1. The standard InChI is InChI=1S/C14H13ClN2O5S2/c15-12-3-4-14(23-12)24(19,20)16-8-13(18)17-9-1-2-10-11(7-9)22-6-5-21-10/h1-4,7,16H,5-6,8H2,(H,17,18). The number of ether oxygens (including phenoxy) is 2. The average molecular weight is 389 g/mol. The van der Waals surface area contributed by atoms with Crippen molar-refractivity contribution in [3.05, 3.63) is 34.7 Å². The van der Waals surface area contributed by atoms with Crippen LogP contribution in [0.3, 0.4) is 0 Å². The van der Waals surface area contributed by atoms with E-state index in [9.17, 15) is 13.2 Å². The minimum absolute atomic E-state index is 0.0552. The number of sulfonamides is 1. The summed E-state index contributed by atoms with van der Waals surface area (Å²) in [4.78, 5) is 11.9. The lowest BCUT2D eigenvalue weighted by atomic mass is 10.2. The van der Waals surface area contributed by atoms with Crippen LogP contribution in [0.5, 0.6) is 11.5 Å². The Morgan fingerprint density at radius 2 is 1.92 bits per heavy atom. The van der Waals surface area contributed by atoms with Gasteiger partial charge in [-0.05, 0) is 24.3 Å². The Morgan fingerprint density at radius 3 is 2.62 bits per heavy atom. The minimum atomic E-state index is -3.76. The molecule has 0 spiro atoms. The molecule has 0 aliphatic carbocycles. The van der Waals surface area contributed by atoms with Crippen LogP contribution in [0.4, 0.5) is 5.69 Å². The van der Waals surface area contributed by atoms with Gasteiger partial charge in [-0.25, -0.2) is 13.1 Å². The molecule has 0 saturated carbocycles. The number of fused-ring (bicyclic) bond motifs is 1. The summed E-state index contributed by atoms with van der Waals surface area (Å²) in [5.74, 6) is 0.639. The van der Waals surface area contributed by atoms with Gasteiger partial charge >= 0.3 is 0 Å². The SMILES string of the molecule is O=C(CNS(=O)(=O)c1ccc(Cl)s1)Nc1ccc2c(c1)OCCO2. The quantitative estimate of drug-likeness (QED) is 0.818. The maximum Gasteiger partial charge on any atom is 0.250 e. The second-order valence-corrected chi connectivity index (χ2v) is 8.50. The Labute approximate surface area is 147 Å². The Kier molecular flexibility index (Phi) is 4.95. The van der Waals surface area contributed by atoms with E-state index in [0.29, 0.717) is 34.7 Å². The highest BCUT2D eigenvalue weighted by molar-refractivity contribution is 7.91. The first kappa shape index (κ1) is 17.0. The minimum Gasteiger partial charge on any atom is -0.486 e. The molecule has 1 aliphatic heterocycles. The van der Waals surface area contributed by atoms with Gasteiger partial charge in [0, 0.05) is 11.8 Å². The van der Waals surface area contributed by atoms with Crippen LogP contribution in [-0.2, 0) is 14.8 Å². The zero-order valence-corrected chi connectivity index (χ0v) is 14.6. The summed E-state index contributed by atoms with van der Waals surface area (Å²) in [6, 6.07) is 7.82. The van der Waals surface area contributed by atoms with Gasteiger partial charge in [0.2, 0.25) is 5.91 Å². The molecule has 2 N–H and O–H groups in total. The fourth-order valence-electron chi connectivity index (χ4n) is 2.00. The number of anilines is 1. The van der Waals surface area contributed by atoms with Crippen LogP contribution in [0.25, 0.3) is 0 Å². The molecule has 0 unspecified atom stereocenters. The van der Waals surface area contributed by atoms with E-state index in [0.717, 1.165) is 11.3 Å². The molecule has 3 rings (SSSR count). The first-order valence-electron chi connectivity index (χ1n) is 6.88. The number of hydrogen-bond acceptors (Lipinski definition) is 6. The van der Waals surface area contributed by atoms with E-state index < -0.39 is 22.5 Å². The molecule has 7 nitrogen and oxygen atoms in total. The van der Waals surface area contributed by atoms with Crippen LogP contribution in [0, 0.1) is 0 Å². The molecule has 0 atom stereocenters. The zero-order chi connectivity index (χ0) is 17.2. The number of halogens is 1.